The van der Waals surface area contributed by atoms with Gasteiger partial charge in [-0.3, -0.25) is 4.79 Å². The van der Waals surface area contributed by atoms with Crippen molar-refractivity contribution in [2.24, 2.45) is 0 Å². The fourth-order valence-corrected chi connectivity index (χ4v) is 1.12. The lowest BCUT2D eigenvalue weighted by Crippen LogP contribution is -2.25. The molecule has 1 aromatic rings. The summed E-state index contributed by atoms with van der Waals surface area (Å²) in [6.07, 6.45) is 1.93. The fourth-order valence-electron chi connectivity index (χ4n) is 0.963. The molecule has 0 aliphatic rings. The van der Waals surface area contributed by atoms with Gasteiger partial charge in [0.2, 0.25) is 5.88 Å². The van der Waals surface area contributed by atoms with Crippen LogP contribution in [0, 0.1) is 0 Å². The highest BCUT2D eigenvalue weighted by atomic mass is 35.5. The second-order valence-electron chi connectivity index (χ2n) is 3.91. The molecule has 1 aromatic heterocycles. The smallest absolute Gasteiger partial charge is 0.273 e. The van der Waals surface area contributed by atoms with Gasteiger partial charge in [-0.05, 0) is 13.8 Å². The summed E-state index contributed by atoms with van der Waals surface area (Å²) in [5, 5.41) is -0.0299. The number of nitrogens with one attached hydrogen (secondary N) is 1. The minimum Gasteiger partial charge on any atom is -0.476 e. The number of methoxy groups -OCH3 is 1. The zero-order valence-corrected chi connectivity index (χ0v) is 10.3. The van der Waals surface area contributed by atoms with Crippen molar-refractivity contribution in [3.8, 4) is 5.88 Å². The molecule has 0 aliphatic heterocycles. The Bertz CT molecular complexity index is 403. The molecule has 0 saturated heterocycles. The molecule has 0 saturated carbocycles. The minimum atomic E-state index is -0.405. The normalized spacial score (nSPS) is 11.5. The maximum atomic E-state index is 11.1. The first-order valence-corrected chi connectivity index (χ1v) is 5.25. The van der Waals surface area contributed by atoms with Crippen LogP contribution in [-0.2, 0) is 4.74 Å². The number of hydrogen-bond acceptors (Lipinski definition) is 4. The van der Waals surface area contributed by atoms with E-state index in [-0.39, 0.29) is 16.5 Å². The van der Waals surface area contributed by atoms with Gasteiger partial charge in [0, 0.05) is 13.5 Å². The lowest BCUT2D eigenvalue weighted by Gasteiger charge is -2.22. The van der Waals surface area contributed by atoms with Gasteiger partial charge in [0.1, 0.15) is 0 Å². The maximum Gasteiger partial charge on any atom is 0.273 e. The molecule has 1 heterocycles. The number of halogens is 1. The summed E-state index contributed by atoms with van der Waals surface area (Å²) in [6, 6.07) is 0. The van der Waals surface area contributed by atoms with Gasteiger partial charge in [-0.1, -0.05) is 11.6 Å². The second-order valence-corrected chi connectivity index (χ2v) is 4.29. The van der Waals surface area contributed by atoms with Crippen molar-refractivity contribution in [3.63, 3.8) is 0 Å². The highest BCUT2D eigenvalue weighted by Gasteiger charge is 2.17. The molecular formula is C10H15ClN2O3. The molecule has 0 aliphatic carbocycles. The van der Waals surface area contributed by atoms with E-state index in [1.54, 1.807) is 7.11 Å². The van der Waals surface area contributed by atoms with E-state index in [1.807, 2.05) is 13.8 Å². The summed E-state index contributed by atoms with van der Waals surface area (Å²) in [5.41, 5.74) is -0.675. The van der Waals surface area contributed by atoms with E-state index in [2.05, 4.69) is 9.97 Å². The second kappa shape index (κ2) is 5.32. The molecule has 0 spiro atoms. The van der Waals surface area contributed by atoms with E-state index in [9.17, 15) is 4.79 Å². The zero-order chi connectivity index (χ0) is 12.2. The third-order valence-corrected chi connectivity index (χ3v) is 2.59. The molecule has 0 bridgehead atoms. The van der Waals surface area contributed by atoms with E-state index in [1.165, 1.54) is 6.33 Å². The highest BCUT2D eigenvalue weighted by molar-refractivity contribution is 6.31. The standard InChI is InChI=1S/C10H15ClN2O3/c1-10(2,15-3)4-5-16-9-7(11)8(14)12-6-13-9/h6H,4-5H2,1-3H3,(H,12,13,14). The monoisotopic (exact) mass is 246 g/mol. The molecule has 0 amide bonds. The number of rotatable bonds is 5. The zero-order valence-electron chi connectivity index (χ0n) is 9.54. The molecule has 0 fully saturated rings. The highest BCUT2D eigenvalue weighted by Crippen LogP contribution is 2.17. The maximum absolute atomic E-state index is 11.1. The van der Waals surface area contributed by atoms with Crippen molar-refractivity contribution in [1.82, 2.24) is 9.97 Å². The Morgan fingerprint density at radius 1 is 1.56 bits per heavy atom. The summed E-state index contributed by atoms with van der Waals surface area (Å²) in [5.74, 6) is 0.150. The van der Waals surface area contributed by atoms with Crippen LogP contribution < -0.4 is 10.3 Å². The van der Waals surface area contributed by atoms with Crippen molar-refractivity contribution in [2.75, 3.05) is 13.7 Å². The van der Waals surface area contributed by atoms with Gasteiger partial charge in [0.05, 0.1) is 18.5 Å². The summed E-state index contributed by atoms with van der Waals surface area (Å²) >= 11 is 5.71. The quantitative estimate of drug-likeness (QED) is 0.858. The molecule has 90 valence electrons. The SMILES string of the molecule is COC(C)(C)CCOc1nc[nH]c(=O)c1Cl. The molecular weight excluding hydrogens is 232 g/mol. The van der Waals surface area contributed by atoms with Gasteiger partial charge >= 0.3 is 0 Å². The van der Waals surface area contributed by atoms with Crippen LogP contribution in [0.3, 0.4) is 0 Å². The van der Waals surface area contributed by atoms with Crippen LogP contribution in [0.2, 0.25) is 5.02 Å². The Kier molecular flexibility index (Phi) is 4.32. The third kappa shape index (κ3) is 3.50. The van der Waals surface area contributed by atoms with Gasteiger partial charge in [-0.15, -0.1) is 0 Å². The van der Waals surface area contributed by atoms with Crippen molar-refractivity contribution in [1.29, 1.82) is 0 Å². The van der Waals surface area contributed by atoms with Crippen molar-refractivity contribution in [2.45, 2.75) is 25.9 Å². The largest absolute Gasteiger partial charge is 0.476 e. The molecule has 0 radical (unpaired) electrons. The van der Waals surface area contributed by atoms with Crippen molar-refractivity contribution >= 4 is 11.6 Å². The van der Waals surface area contributed by atoms with Crippen LogP contribution in [0.4, 0.5) is 0 Å². The third-order valence-electron chi connectivity index (χ3n) is 2.26. The number of ether oxygens (including phenoxy) is 2. The average Bonchev–Trinajstić information content (AvgIpc) is 2.24. The van der Waals surface area contributed by atoms with Crippen molar-refractivity contribution < 1.29 is 9.47 Å². The van der Waals surface area contributed by atoms with E-state index in [0.29, 0.717) is 13.0 Å². The van der Waals surface area contributed by atoms with E-state index in [4.69, 9.17) is 21.1 Å². The molecule has 1 N–H and O–H groups in total. The lowest BCUT2D eigenvalue weighted by molar-refractivity contribution is 0.00507. The van der Waals surface area contributed by atoms with Crippen LogP contribution in [-0.4, -0.2) is 29.3 Å². The van der Waals surface area contributed by atoms with Crippen LogP contribution >= 0.6 is 11.6 Å². The molecule has 6 heteroatoms. The summed E-state index contributed by atoms with van der Waals surface area (Å²) in [4.78, 5) is 17.3. The van der Waals surface area contributed by atoms with E-state index in [0.717, 1.165) is 0 Å². The fraction of sp³-hybridized carbons (Fsp3) is 0.600. The Hall–Kier alpha value is -1.07. The Balaban J connectivity index is 2.56. The number of aromatic nitrogens is 2. The molecule has 0 aromatic carbocycles. The number of hydrogen-bond donors (Lipinski definition) is 1. The van der Waals surface area contributed by atoms with Gasteiger partial charge < -0.3 is 14.5 Å². The molecule has 5 nitrogen and oxygen atoms in total. The van der Waals surface area contributed by atoms with Gasteiger partial charge in [-0.25, -0.2) is 4.98 Å². The lowest BCUT2D eigenvalue weighted by atomic mass is 10.1. The summed E-state index contributed by atoms with van der Waals surface area (Å²) in [6.45, 7) is 4.28. The van der Waals surface area contributed by atoms with Gasteiger partial charge in [0.15, 0.2) is 5.02 Å². The predicted octanol–water partition coefficient (Wildman–Crippen LogP) is 1.62. The van der Waals surface area contributed by atoms with Crippen LogP contribution in [0.5, 0.6) is 5.88 Å². The van der Waals surface area contributed by atoms with Crippen molar-refractivity contribution in [3.05, 3.63) is 21.7 Å². The Labute approximate surface area is 98.8 Å². The predicted molar refractivity (Wildman–Crippen MR) is 61.1 cm³/mol. The van der Waals surface area contributed by atoms with Crippen LogP contribution in [0.15, 0.2) is 11.1 Å². The molecule has 1 rings (SSSR count). The number of nitrogens with zero attached hydrogens (tertiary/aromatic N) is 1. The molecule has 16 heavy (non-hydrogen) atoms. The first-order valence-electron chi connectivity index (χ1n) is 4.87. The topological polar surface area (TPSA) is 64.2 Å². The Morgan fingerprint density at radius 2 is 2.25 bits per heavy atom. The first-order chi connectivity index (χ1) is 7.46. The first kappa shape index (κ1) is 13.0. The summed E-state index contributed by atoms with van der Waals surface area (Å²) < 4.78 is 10.5. The van der Waals surface area contributed by atoms with E-state index >= 15 is 0 Å². The Morgan fingerprint density at radius 3 is 2.88 bits per heavy atom. The molecule has 0 atom stereocenters. The minimum absolute atomic E-state index is 0.0299. The average molecular weight is 247 g/mol. The molecule has 0 unspecified atom stereocenters. The van der Waals surface area contributed by atoms with Crippen LogP contribution in [0.25, 0.3) is 0 Å². The number of H-pyrrole nitrogens is 1. The van der Waals surface area contributed by atoms with Gasteiger partial charge in [-0.2, -0.15) is 0 Å². The number of aromatic amines is 1. The summed E-state index contributed by atoms with van der Waals surface area (Å²) in [7, 11) is 1.64. The van der Waals surface area contributed by atoms with Crippen LogP contribution in [0.1, 0.15) is 20.3 Å². The van der Waals surface area contributed by atoms with E-state index < -0.39 is 5.56 Å². The van der Waals surface area contributed by atoms with Gasteiger partial charge in [0.25, 0.3) is 5.56 Å².